The van der Waals surface area contributed by atoms with Gasteiger partial charge in [0.25, 0.3) is 0 Å². The summed E-state index contributed by atoms with van der Waals surface area (Å²) in [5.41, 5.74) is 0. The summed E-state index contributed by atoms with van der Waals surface area (Å²) in [6, 6.07) is 1.68. The highest BCUT2D eigenvalue weighted by molar-refractivity contribution is 6.37. The quantitative estimate of drug-likeness (QED) is 0.805. The first-order chi connectivity index (χ1) is 8.58. The number of hydrogen-bond donors (Lipinski definition) is 2. The molecule has 4 nitrogen and oxygen atoms in total. The van der Waals surface area contributed by atoms with Gasteiger partial charge in [0.15, 0.2) is 0 Å². The first kappa shape index (κ1) is 15.3. The van der Waals surface area contributed by atoms with Crippen LogP contribution in [0.25, 0.3) is 0 Å². The summed E-state index contributed by atoms with van der Waals surface area (Å²) in [7, 11) is 0. The van der Waals surface area contributed by atoms with Crippen LogP contribution in [0.2, 0.25) is 10.0 Å². The minimum absolute atomic E-state index is 0.103. The molecular formula is C12H19Cl2N3O. The van der Waals surface area contributed by atoms with Crippen LogP contribution in [0.1, 0.15) is 20.8 Å². The minimum atomic E-state index is 0.103. The standard InChI is InChI=1S/C12H19Cl2N3O/c1-4-15-11-9(13)6-10(14)12(17-11)16-7-8(3)18-5-2/h6,8H,4-5,7H2,1-3H3,(H2,15,16,17). The molecule has 18 heavy (non-hydrogen) atoms. The molecule has 0 fully saturated rings. The van der Waals surface area contributed by atoms with Crippen molar-refractivity contribution in [2.45, 2.75) is 26.9 Å². The fourth-order valence-electron chi connectivity index (χ4n) is 1.47. The molecule has 0 saturated carbocycles. The van der Waals surface area contributed by atoms with Crippen LogP contribution in [-0.2, 0) is 4.74 Å². The summed E-state index contributed by atoms with van der Waals surface area (Å²) in [5.74, 6) is 1.25. The molecule has 1 rings (SSSR count). The van der Waals surface area contributed by atoms with E-state index in [1.54, 1.807) is 6.07 Å². The summed E-state index contributed by atoms with van der Waals surface area (Å²) in [5, 5.41) is 7.26. The van der Waals surface area contributed by atoms with Crippen LogP contribution in [0.3, 0.4) is 0 Å². The van der Waals surface area contributed by atoms with E-state index in [0.717, 1.165) is 6.54 Å². The average Bonchev–Trinajstić information content (AvgIpc) is 2.31. The molecule has 2 N–H and O–H groups in total. The van der Waals surface area contributed by atoms with E-state index in [-0.39, 0.29) is 6.10 Å². The van der Waals surface area contributed by atoms with E-state index in [2.05, 4.69) is 15.6 Å². The maximum Gasteiger partial charge on any atom is 0.147 e. The number of rotatable bonds is 7. The van der Waals surface area contributed by atoms with Crippen molar-refractivity contribution in [3.63, 3.8) is 0 Å². The zero-order valence-electron chi connectivity index (χ0n) is 10.9. The lowest BCUT2D eigenvalue weighted by Crippen LogP contribution is -2.20. The van der Waals surface area contributed by atoms with Crippen molar-refractivity contribution in [1.82, 2.24) is 4.98 Å². The molecule has 0 aliphatic heterocycles. The Balaban J connectivity index is 2.72. The highest BCUT2D eigenvalue weighted by Gasteiger charge is 2.09. The maximum absolute atomic E-state index is 6.08. The highest BCUT2D eigenvalue weighted by atomic mass is 35.5. The van der Waals surface area contributed by atoms with Crippen molar-refractivity contribution < 1.29 is 4.74 Å². The summed E-state index contributed by atoms with van der Waals surface area (Å²) in [6.45, 7) is 8.03. The first-order valence-electron chi connectivity index (χ1n) is 6.03. The lowest BCUT2D eigenvalue weighted by atomic mass is 10.3. The van der Waals surface area contributed by atoms with Gasteiger partial charge in [0.05, 0.1) is 16.1 Å². The Hall–Kier alpha value is -0.710. The molecule has 102 valence electrons. The zero-order valence-corrected chi connectivity index (χ0v) is 12.4. The lowest BCUT2D eigenvalue weighted by molar-refractivity contribution is 0.0855. The monoisotopic (exact) mass is 291 g/mol. The molecule has 0 aliphatic rings. The smallest absolute Gasteiger partial charge is 0.147 e. The molecule has 0 saturated heterocycles. The summed E-state index contributed by atoms with van der Waals surface area (Å²) in [4.78, 5) is 4.35. The van der Waals surface area contributed by atoms with E-state index < -0.39 is 0 Å². The molecule has 1 aromatic rings. The van der Waals surface area contributed by atoms with E-state index in [0.29, 0.717) is 34.8 Å². The van der Waals surface area contributed by atoms with Crippen LogP contribution in [0.4, 0.5) is 11.6 Å². The third-order valence-electron chi connectivity index (χ3n) is 2.28. The number of anilines is 2. The van der Waals surface area contributed by atoms with Crippen molar-refractivity contribution in [1.29, 1.82) is 0 Å². The van der Waals surface area contributed by atoms with Crippen molar-refractivity contribution in [3.8, 4) is 0 Å². The number of aromatic nitrogens is 1. The van der Waals surface area contributed by atoms with Crippen molar-refractivity contribution in [2.75, 3.05) is 30.3 Å². The zero-order chi connectivity index (χ0) is 13.5. The highest BCUT2D eigenvalue weighted by Crippen LogP contribution is 2.29. The van der Waals surface area contributed by atoms with Gasteiger partial charge in [0.1, 0.15) is 11.6 Å². The second-order valence-electron chi connectivity index (χ2n) is 3.83. The van der Waals surface area contributed by atoms with Crippen molar-refractivity contribution in [3.05, 3.63) is 16.1 Å². The number of halogens is 2. The topological polar surface area (TPSA) is 46.2 Å². The number of ether oxygens (including phenoxy) is 1. The van der Waals surface area contributed by atoms with Gasteiger partial charge in [-0.2, -0.15) is 0 Å². The van der Waals surface area contributed by atoms with Crippen LogP contribution in [0.15, 0.2) is 6.07 Å². The van der Waals surface area contributed by atoms with Crippen LogP contribution in [0, 0.1) is 0 Å². The Morgan fingerprint density at radius 2 is 1.83 bits per heavy atom. The SMILES string of the molecule is CCNc1nc(NCC(C)OCC)c(Cl)cc1Cl. The van der Waals surface area contributed by atoms with E-state index in [9.17, 15) is 0 Å². The molecular weight excluding hydrogens is 273 g/mol. The number of nitrogens with zero attached hydrogens (tertiary/aromatic N) is 1. The number of hydrogen-bond acceptors (Lipinski definition) is 4. The van der Waals surface area contributed by atoms with E-state index >= 15 is 0 Å². The average molecular weight is 292 g/mol. The van der Waals surface area contributed by atoms with Gasteiger partial charge in [0.2, 0.25) is 0 Å². The Kier molecular flexibility index (Phi) is 6.54. The maximum atomic E-state index is 6.08. The van der Waals surface area contributed by atoms with Crippen LogP contribution < -0.4 is 10.6 Å². The minimum Gasteiger partial charge on any atom is -0.377 e. The second kappa shape index (κ2) is 7.67. The van der Waals surface area contributed by atoms with Gasteiger partial charge in [-0.3, -0.25) is 0 Å². The normalized spacial score (nSPS) is 12.3. The molecule has 1 unspecified atom stereocenters. The predicted molar refractivity (Wildman–Crippen MR) is 78.0 cm³/mol. The van der Waals surface area contributed by atoms with Crippen LogP contribution >= 0.6 is 23.2 Å². The van der Waals surface area contributed by atoms with E-state index in [1.807, 2.05) is 20.8 Å². The molecule has 0 spiro atoms. The van der Waals surface area contributed by atoms with E-state index in [4.69, 9.17) is 27.9 Å². The molecule has 0 aliphatic carbocycles. The third-order valence-corrected chi connectivity index (χ3v) is 2.86. The van der Waals surface area contributed by atoms with E-state index in [1.165, 1.54) is 0 Å². The number of pyridine rings is 1. The first-order valence-corrected chi connectivity index (χ1v) is 6.79. The van der Waals surface area contributed by atoms with Crippen LogP contribution in [0.5, 0.6) is 0 Å². The molecule has 6 heteroatoms. The van der Waals surface area contributed by atoms with Gasteiger partial charge in [0, 0.05) is 19.7 Å². The fraction of sp³-hybridized carbons (Fsp3) is 0.583. The molecule has 0 radical (unpaired) electrons. The third kappa shape index (κ3) is 4.52. The fourth-order valence-corrected chi connectivity index (χ4v) is 1.96. The van der Waals surface area contributed by atoms with Gasteiger partial charge in [-0.1, -0.05) is 23.2 Å². The van der Waals surface area contributed by atoms with Gasteiger partial charge in [-0.25, -0.2) is 4.98 Å². The van der Waals surface area contributed by atoms with Gasteiger partial charge in [-0.15, -0.1) is 0 Å². The van der Waals surface area contributed by atoms with Crippen molar-refractivity contribution in [2.24, 2.45) is 0 Å². The Morgan fingerprint density at radius 1 is 1.22 bits per heavy atom. The molecule has 0 aromatic carbocycles. The Morgan fingerprint density at radius 3 is 2.39 bits per heavy atom. The molecule has 0 amide bonds. The van der Waals surface area contributed by atoms with Crippen molar-refractivity contribution >= 4 is 34.8 Å². The summed E-state index contributed by atoms with van der Waals surface area (Å²) in [6.07, 6.45) is 0.103. The summed E-state index contributed by atoms with van der Waals surface area (Å²) < 4.78 is 5.43. The molecule has 1 heterocycles. The van der Waals surface area contributed by atoms with Crippen LogP contribution in [-0.4, -0.2) is 30.8 Å². The molecule has 1 aromatic heterocycles. The van der Waals surface area contributed by atoms with Gasteiger partial charge < -0.3 is 15.4 Å². The largest absolute Gasteiger partial charge is 0.377 e. The lowest BCUT2D eigenvalue weighted by Gasteiger charge is -2.15. The summed E-state index contributed by atoms with van der Waals surface area (Å²) >= 11 is 12.1. The Bertz CT molecular complexity index is 388. The Labute approximate surface area is 118 Å². The van der Waals surface area contributed by atoms with Gasteiger partial charge in [-0.05, 0) is 26.8 Å². The molecule has 0 bridgehead atoms. The number of nitrogens with one attached hydrogen (secondary N) is 2. The molecule has 1 atom stereocenters. The second-order valence-corrected chi connectivity index (χ2v) is 4.64. The van der Waals surface area contributed by atoms with Gasteiger partial charge >= 0.3 is 0 Å². The predicted octanol–water partition coefficient (Wildman–Crippen LogP) is 3.66.